The lowest BCUT2D eigenvalue weighted by molar-refractivity contribution is -0.202. The fourth-order valence-electron chi connectivity index (χ4n) is 11.6. The molecule has 9 atom stereocenters. The molecule has 5 aliphatic rings. The number of nitrogens with zero attached hydrogens (tertiary/aromatic N) is 2. The third kappa shape index (κ3) is 4.28. The zero-order valence-corrected chi connectivity index (χ0v) is 29.0. The number of allylic oxidation sites excluding steroid dienone is 2. The van der Waals surface area contributed by atoms with Crippen molar-refractivity contribution in [2.24, 2.45) is 50.2 Å². The highest BCUT2D eigenvalue weighted by atomic mass is 16.5. The highest BCUT2D eigenvalue weighted by molar-refractivity contribution is 5.95. The van der Waals surface area contributed by atoms with Gasteiger partial charge in [0.05, 0.1) is 34.3 Å². The Kier molecular flexibility index (Phi) is 7.22. The number of aliphatic hydroxyl groups is 1. The van der Waals surface area contributed by atoms with Crippen molar-refractivity contribution >= 4 is 11.8 Å². The van der Waals surface area contributed by atoms with E-state index < -0.39 is 5.41 Å². The van der Waals surface area contributed by atoms with Gasteiger partial charge in [0.2, 0.25) is 0 Å². The van der Waals surface area contributed by atoms with Gasteiger partial charge < -0.3 is 9.84 Å². The number of aromatic nitrogens is 2. The maximum Gasteiger partial charge on any atom is 0.312 e. The van der Waals surface area contributed by atoms with Crippen LogP contribution in [0.2, 0.25) is 0 Å². The number of hydrogen-bond acceptors (Lipinski definition) is 6. The summed E-state index contributed by atoms with van der Waals surface area (Å²) in [6.45, 7) is 22.1. The fraction of sp³-hybridized carbons (Fsp3) is 0.789. The molecular weight excluding hydrogens is 548 g/mol. The highest BCUT2D eigenvalue weighted by Crippen LogP contribution is 2.75. The van der Waals surface area contributed by atoms with Crippen LogP contribution in [-0.2, 0) is 20.9 Å². The summed E-state index contributed by atoms with van der Waals surface area (Å²) in [5, 5.41) is 11.0. The molecule has 0 radical (unpaired) electrons. The third-order valence-electron chi connectivity index (χ3n) is 15.0. The summed E-state index contributed by atoms with van der Waals surface area (Å²) in [5.74, 6) is 0.594. The van der Waals surface area contributed by atoms with E-state index in [1.54, 1.807) is 0 Å². The third-order valence-corrected chi connectivity index (χ3v) is 15.0. The molecule has 9 unspecified atom stereocenters. The first-order valence-corrected chi connectivity index (χ1v) is 17.2. The van der Waals surface area contributed by atoms with Crippen LogP contribution >= 0.6 is 0 Å². The van der Waals surface area contributed by atoms with E-state index in [4.69, 9.17) is 4.74 Å². The zero-order chi connectivity index (χ0) is 32.3. The van der Waals surface area contributed by atoms with Gasteiger partial charge in [-0.3, -0.25) is 19.6 Å². The number of hydrogen-bond donors (Lipinski definition) is 1. The Labute approximate surface area is 265 Å². The molecule has 0 aromatic carbocycles. The fourth-order valence-corrected chi connectivity index (χ4v) is 11.6. The van der Waals surface area contributed by atoms with Crippen LogP contribution in [-0.4, -0.2) is 32.9 Å². The van der Waals surface area contributed by atoms with Crippen molar-refractivity contribution in [3.63, 3.8) is 0 Å². The van der Waals surface area contributed by atoms with Crippen molar-refractivity contribution in [3.8, 4) is 0 Å². The average Bonchev–Trinajstić information content (AvgIpc) is 2.94. The van der Waals surface area contributed by atoms with Crippen LogP contribution in [0.5, 0.6) is 0 Å². The predicted octanol–water partition coefficient (Wildman–Crippen LogP) is 7.79. The largest absolute Gasteiger partial charge is 0.459 e. The molecule has 4 fully saturated rings. The molecular formula is C38H56N2O4. The molecule has 242 valence electrons. The van der Waals surface area contributed by atoms with Gasteiger partial charge in [-0.25, -0.2) is 0 Å². The standard InChI is InChI=1S/C38H56N2O4/c1-22-23(2)40-27(24(3)39-22)21-44-32(43)35(7)16-15-34(6)17-18-37(9)25(26(34)20-35)19-28(41)31-36(8)13-12-30(42)33(4,5)29(36)11-14-38(31,37)10/h19,26,29-31,42H,11-18,20-21H2,1-10H3. The molecule has 5 aliphatic carbocycles. The number of ketones is 1. The lowest BCUT2D eigenvalue weighted by atomic mass is 9.33. The van der Waals surface area contributed by atoms with E-state index >= 15 is 0 Å². The zero-order valence-electron chi connectivity index (χ0n) is 29.0. The van der Waals surface area contributed by atoms with Gasteiger partial charge in [0, 0.05) is 5.92 Å². The first kappa shape index (κ1) is 31.9. The van der Waals surface area contributed by atoms with E-state index in [-0.39, 0.29) is 57.6 Å². The summed E-state index contributed by atoms with van der Waals surface area (Å²) in [7, 11) is 0. The lowest BCUT2D eigenvalue weighted by Gasteiger charge is -2.70. The quantitative estimate of drug-likeness (QED) is 0.354. The first-order valence-electron chi connectivity index (χ1n) is 17.2. The molecule has 0 bridgehead atoms. The summed E-state index contributed by atoms with van der Waals surface area (Å²) in [4.78, 5) is 37.6. The lowest BCUT2D eigenvalue weighted by Crippen LogP contribution is -2.66. The van der Waals surface area contributed by atoms with Crippen molar-refractivity contribution in [2.75, 3.05) is 0 Å². The van der Waals surface area contributed by atoms with Gasteiger partial charge in [-0.15, -0.1) is 0 Å². The second-order valence-corrected chi connectivity index (χ2v) is 17.6. The van der Waals surface area contributed by atoms with E-state index in [1.807, 2.05) is 20.8 Å². The molecule has 1 aromatic heterocycles. The minimum absolute atomic E-state index is 0.0408. The Morgan fingerprint density at radius 3 is 2.25 bits per heavy atom. The maximum absolute atomic E-state index is 14.6. The van der Waals surface area contributed by atoms with Gasteiger partial charge in [-0.1, -0.05) is 47.1 Å². The minimum atomic E-state index is -0.613. The number of carbonyl (C=O) groups is 2. The van der Waals surface area contributed by atoms with Crippen LogP contribution in [0.25, 0.3) is 0 Å². The van der Waals surface area contributed by atoms with E-state index in [0.717, 1.165) is 74.1 Å². The normalized spacial score (nSPS) is 44.4. The number of carbonyl (C=O) groups excluding carboxylic acids is 2. The monoisotopic (exact) mass is 604 g/mol. The Morgan fingerprint density at radius 2 is 1.55 bits per heavy atom. The Morgan fingerprint density at radius 1 is 0.886 bits per heavy atom. The van der Waals surface area contributed by atoms with Crippen LogP contribution in [0.15, 0.2) is 11.6 Å². The van der Waals surface area contributed by atoms with Crippen LogP contribution in [0.3, 0.4) is 0 Å². The van der Waals surface area contributed by atoms with Gasteiger partial charge in [-0.05, 0) is 130 Å². The van der Waals surface area contributed by atoms with Crippen LogP contribution in [0, 0.1) is 71.0 Å². The van der Waals surface area contributed by atoms with Gasteiger partial charge in [0.15, 0.2) is 5.78 Å². The van der Waals surface area contributed by atoms with E-state index in [2.05, 4.69) is 64.5 Å². The number of aliphatic hydroxyl groups excluding tert-OH is 1. The van der Waals surface area contributed by atoms with Gasteiger partial charge >= 0.3 is 5.97 Å². The molecule has 1 N–H and O–H groups in total. The topological polar surface area (TPSA) is 89.4 Å². The molecule has 44 heavy (non-hydrogen) atoms. The average molecular weight is 605 g/mol. The van der Waals surface area contributed by atoms with E-state index in [1.165, 1.54) is 5.57 Å². The first-order chi connectivity index (χ1) is 20.3. The van der Waals surface area contributed by atoms with Gasteiger partial charge in [-0.2, -0.15) is 0 Å². The number of esters is 1. The van der Waals surface area contributed by atoms with Gasteiger partial charge in [0.25, 0.3) is 0 Å². The molecule has 0 spiro atoms. The number of rotatable bonds is 3. The number of aryl methyl sites for hydroxylation is 3. The van der Waals surface area contributed by atoms with Crippen LogP contribution in [0.1, 0.15) is 129 Å². The summed E-state index contributed by atoms with van der Waals surface area (Å²) in [6, 6.07) is 0. The Balaban J connectivity index is 1.31. The Bertz CT molecular complexity index is 1430. The predicted molar refractivity (Wildman–Crippen MR) is 171 cm³/mol. The van der Waals surface area contributed by atoms with Crippen molar-refractivity contribution in [2.45, 2.75) is 140 Å². The molecule has 6 heteroatoms. The van der Waals surface area contributed by atoms with Gasteiger partial charge in [0.1, 0.15) is 6.61 Å². The summed E-state index contributed by atoms with van der Waals surface area (Å²) >= 11 is 0. The molecule has 1 heterocycles. The van der Waals surface area contributed by atoms with Crippen molar-refractivity contribution in [3.05, 3.63) is 34.4 Å². The molecule has 4 saturated carbocycles. The number of fused-ring (bicyclic) bond motifs is 7. The van der Waals surface area contributed by atoms with Crippen molar-refractivity contribution in [1.29, 1.82) is 0 Å². The van der Waals surface area contributed by atoms with Crippen molar-refractivity contribution < 1.29 is 19.4 Å². The molecule has 0 saturated heterocycles. The van der Waals surface area contributed by atoms with Crippen molar-refractivity contribution in [1.82, 2.24) is 9.97 Å². The minimum Gasteiger partial charge on any atom is -0.459 e. The van der Waals surface area contributed by atoms with Crippen LogP contribution in [0.4, 0.5) is 0 Å². The van der Waals surface area contributed by atoms with E-state index in [0.29, 0.717) is 18.1 Å². The SMILES string of the molecule is Cc1nc(C)c(COC(=O)C2(C)CCC3(C)CCC4(C)C(=CC(=O)C5C6(C)CCC(O)C(C)(C)C6CCC54C)C3C2)nc1C. The highest BCUT2D eigenvalue weighted by Gasteiger charge is 2.70. The molecule has 6 nitrogen and oxygen atoms in total. The van der Waals surface area contributed by atoms with Crippen LogP contribution < -0.4 is 0 Å². The molecule has 1 aromatic rings. The summed E-state index contributed by atoms with van der Waals surface area (Å²) < 4.78 is 6.00. The smallest absolute Gasteiger partial charge is 0.312 e. The second-order valence-electron chi connectivity index (χ2n) is 17.6. The Hall–Kier alpha value is -2.08. The summed E-state index contributed by atoms with van der Waals surface area (Å²) in [5.41, 5.74) is 3.48. The molecule has 0 amide bonds. The number of ether oxygens (including phenoxy) is 1. The molecule has 6 rings (SSSR count). The summed E-state index contributed by atoms with van der Waals surface area (Å²) in [6.07, 6.45) is 10.2. The second kappa shape index (κ2) is 9.96. The molecule has 0 aliphatic heterocycles. The van der Waals surface area contributed by atoms with E-state index in [9.17, 15) is 14.7 Å². The maximum atomic E-state index is 14.6.